The second-order valence-electron chi connectivity index (χ2n) is 4.14. The summed E-state index contributed by atoms with van der Waals surface area (Å²) in [4.78, 5) is 12.3. The lowest BCUT2D eigenvalue weighted by atomic mass is 10.1. The summed E-state index contributed by atoms with van der Waals surface area (Å²) in [6, 6.07) is 11.3. The SMILES string of the molecule is Clc1ccc(-c2ccccc2Oc2ncc(Cl)cn2)nc1. The van der Waals surface area contributed by atoms with Crippen molar-refractivity contribution >= 4 is 23.2 Å². The molecule has 0 atom stereocenters. The minimum atomic E-state index is 0.223. The highest BCUT2D eigenvalue weighted by molar-refractivity contribution is 6.30. The molecule has 3 aromatic rings. The van der Waals surface area contributed by atoms with Crippen LogP contribution in [-0.4, -0.2) is 15.0 Å². The van der Waals surface area contributed by atoms with E-state index in [-0.39, 0.29) is 6.01 Å². The van der Waals surface area contributed by atoms with Crippen LogP contribution in [0.4, 0.5) is 0 Å². The van der Waals surface area contributed by atoms with Crippen molar-refractivity contribution in [3.05, 3.63) is 65.0 Å². The molecule has 6 heteroatoms. The number of hydrogen-bond acceptors (Lipinski definition) is 4. The van der Waals surface area contributed by atoms with E-state index in [1.165, 1.54) is 12.4 Å². The van der Waals surface area contributed by atoms with E-state index in [0.29, 0.717) is 15.8 Å². The number of benzene rings is 1. The van der Waals surface area contributed by atoms with Crippen LogP contribution in [0.25, 0.3) is 11.3 Å². The molecular weight excluding hydrogens is 309 g/mol. The highest BCUT2D eigenvalue weighted by Gasteiger charge is 2.09. The van der Waals surface area contributed by atoms with Crippen LogP contribution in [-0.2, 0) is 0 Å². The molecular formula is C15H9Cl2N3O. The number of nitrogens with zero attached hydrogens (tertiary/aromatic N) is 3. The maximum absolute atomic E-state index is 5.86. The van der Waals surface area contributed by atoms with Crippen LogP contribution < -0.4 is 4.74 Å². The third-order valence-electron chi connectivity index (χ3n) is 2.69. The molecule has 0 aliphatic heterocycles. The van der Waals surface area contributed by atoms with E-state index in [1.807, 2.05) is 30.3 Å². The van der Waals surface area contributed by atoms with Gasteiger partial charge >= 0.3 is 6.01 Å². The first-order valence-electron chi connectivity index (χ1n) is 6.09. The highest BCUT2D eigenvalue weighted by atomic mass is 35.5. The summed E-state index contributed by atoms with van der Waals surface area (Å²) >= 11 is 11.6. The molecule has 0 aliphatic rings. The predicted molar refractivity (Wildman–Crippen MR) is 81.8 cm³/mol. The van der Waals surface area contributed by atoms with Crippen LogP contribution in [0.5, 0.6) is 11.8 Å². The van der Waals surface area contributed by atoms with Gasteiger partial charge in [0, 0.05) is 11.8 Å². The molecule has 2 heterocycles. The van der Waals surface area contributed by atoms with E-state index >= 15 is 0 Å². The molecule has 3 rings (SSSR count). The summed E-state index contributed by atoms with van der Waals surface area (Å²) in [5, 5.41) is 1.04. The summed E-state index contributed by atoms with van der Waals surface area (Å²) in [6.45, 7) is 0. The minimum absolute atomic E-state index is 0.223. The van der Waals surface area contributed by atoms with Crippen LogP contribution in [0.15, 0.2) is 55.0 Å². The van der Waals surface area contributed by atoms with Crippen LogP contribution >= 0.6 is 23.2 Å². The lowest BCUT2D eigenvalue weighted by Crippen LogP contribution is -1.93. The van der Waals surface area contributed by atoms with Gasteiger partial charge in [0.05, 0.1) is 28.1 Å². The number of ether oxygens (including phenoxy) is 1. The molecule has 0 saturated carbocycles. The molecule has 0 amide bonds. The van der Waals surface area contributed by atoms with Gasteiger partial charge in [-0.15, -0.1) is 0 Å². The van der Waals surface area contributed by atoms with Gasteiger partial charge in [0.25, 0.3) is 0 Å². The minimum Gasteiger partial charge on any atom is -0.424 e. The molecule has 0 aliphatic carbocycles. The Kier molecular flexibility index (Phi) is 3.99. The van der Waals surface area contributed by atoms with Gasteiger partial charge in [-0.2, -0.15) is 0 Å². The molecule has 0 saturated heterocycles. The van der Waals surface area contributed by atoms with Gasteiger partial charge in [-0.05, 0) is 24.3 Å². The Labute approximate surface area is 131 Å². The molecule has 2 aromatic heterocycles. The van der Waals surface area contributed by atoms with Crippen molar-refractivity contribution in [3.8, 4) is 23.0 Å². The van der Waals surface area contributed by atoms with Crippen molar-refractivity contribution in [1.29, 1.82) is 0 Å². The first kappa shape index (κ1) is 13.8. The lowest BCUT2D eigenvalue weighted by molar-refractivity contribution is 0.443. The van der Waals surface area contributed by atoms with E-state index < -0.39 is 0 Å². The van der Waals surface area contributed by atoms with Gasteiger partial charge < -0.3 is 4.74 Å². The fraction of sp³-hybridized carbons (Fsp3) is 0. The summed E-state index contributed by atoms with van der Waals surface area (Å²) in [7, 11) is 0. The number of rotatable bonds is 3. The first-order valence-corrected chi connectivity index (χ1v) is 6.84. The van der Waals surface area contributed by atoms with E-state index in [4.69, 9.17) is 27.9 Å². The Bertz CT molecular complexity index is 746. The second-order valence-corrected chi connectivity index (χ2v) is 5.02. The van der Waals surface area contributed by atoms with Gasteiger partial charge in [-0.25, -0.2) is 9.97 Å². The first-order chi connectivity index (χ1) is 10.2. The molecule has 0 bridgehead atoms. The third-order valence-corrected chi connectivity index (χ3v) is 3.11. The quantitative estimate of drug-likeness (QED) is 0.706. The molecule has 4 nitrogen and oxygen atoms in total. The van der Waals surface area contributed by atoms with Gasteiger partial charge in [-0.3, -0.25) is 4.98 Å². The van der Waals surface area contributed by atoms with Crippen molar-refractivity contribution in [2.75, 3.05) is 0 Å². The van der Waals surface area contributed by atoms with Crippen molar-refractivity contribution in [3.63, 3.8) is 0 Å². The molecule has 1 aromatic carbocycles. The lowest BCUT2D eigenvalue weighted by Gasteiger charge is -2.09. The van der Waals surface area contributed by atoms with Crippen LogP contribution in [0.1, 0.15) is 0 Å². The van der Waals surface area contributed by atoms with Crippen molar-refractivity contribution in [2.24, 2.45) is 0 Å². The Morgan fingerprint density at radius 2 is 1.48 bits per heavy atom. The Hall–Kier alpha value is -2.17. The number of pyridine rings is 1. The predicted octanol–water partition coefficient (Wildman–Crippen LogP) is 4.64. The average Bonchev–Trinajstić information content (AvgIpc) is 2.51. The van der Waals surface area contributed by atoms with Crippen LogP contribution in [0.3, 0.4) is 0 Å². The summed E-state index contributed by atoms with van der Waals surface area (Å²) < 4.78 is 5.70. The monoisotopic (exact) mass is 317 g/mol. The Morgan fingerprint density at radius 1 is 0.762 bits per heavy atom. The van der Waals surface area contributed by atoms with Crippen LogP contribution in [0.2, 0.25) is 10.0 Å². The summed E-state index contributed by atoms with van der Waals surface area (Å²) in [5.41, 5.74) is 1.58. The molecule has 21 heavy (non-hydrogen) atoms. The maximum atomic E-state index is 5.86. The van der Waals surface area contributed by atoms with Crippen molar-refractivity contribution in [2.45, 2.75) is 0 Å². The molecule has 0 fully saturated rings. The fourth-order valence-corrected chi connectivity index (χ4v) is 1.96. The molecule has 104 valence electrons. The zero-order chi connectivity index (χ0) is 14.7. The number of hydrogen-bond donors (Lipinski definition) is 0. The largest absolute Gasteiger partial charge is 0.424 e. The second kappa shape index (κ2) is 6.08. The van der Waals surface area contributed by atoms with E-state index in [1.54, 1.807) is 12.3 Å². The third kappa shape index (κ3) is 3.29. The maximum Gasteiger partial charge on any atom is 0.321 e. The van der Waals surface area contributed by atoms with Crippen LogP contribution in [0, 0.1) is 0 Å². The summed E-state index contributed by atoms with van der Waals surface area (Å²) in [5.74, 6) is 0.606. The molecule has 0 spiro atoms. The van der Waals surface area contributed by atoms with E-state index in [0.717, 1.165) is 11.3 Å². The normalized spacial score (nSPS) is 10.4. The molecule has 0 N–H and O–H groups in total. The topological polar surface area (TPSA) is 47.9 Å². The Morgan fingerprint density at radius 3 is 2.19 bits per heavy atom. The van der Waals surface area contributed by atoms with Gasteiger partial charge in [-0.1, -0.05) is 35.3 Å². The fourth-order valence-electron chi connectivity index (χ4n) is 1.75. The van der Waals surface area contributed by atoms with Crippen molar-refractivity contribution in [1.82, 2.24) is 15.0 Å². The number of para-hydroxylation sites is 1. The van der Waals surface area contributed by atoms with E-state index in [9.17, 15) is 0 Å². The van der Waals surface area contributed by atoms with Gasteiger partial charge in [0.1, 0.15) is 5.75 Å². The van der Waals surface area contributed by atoms with Gasteiger partial charge in [0.2, 0.25) is 0 Å². The smallest absolute Gasteiger partial charge is 0.321 e. The standard InChI is InChI=1S/C15H9Cl2N3O/c16-10-5-6-13(18-7-10)12-3-1-2-4-14(12)21-15-19-8-11(17)9-20-15/h1-9H. The highest BCUT2D eigenvalue weighted by Crippen LogP contribution is 2.31. The summed E-state index contributed by atoms with van der Waals surface area (Å²) in [6.07, 6.45) is 4.55. The van der Waals surface area contributed by atoms with Crippen molar-refractivity contribution < 1.29 is 4.74 Å². The number of aromatic nitrogens is 3. The zero-order valence-corrected chi connectivity index (χ0v) is 12.2. The zero-order valence-electron chi connectivity index (χ0n) is 10.7. The Balaban J connectivity index is 1.96. The molecule has 0 unspecified atom stereocenters. The number of halogens is 2. The van der Waals surface area contributed by atoms with Gasteiger partial charge in [0.15, 0.2) is 0 Å². The van der Waals surface area contributed by atoms with E-state index in [2.05, 4.69) is 15.0 Å². The molecule has 0 radical (unpaired) electrons. The average molecular weight is 318 g/mol.